The van der Waals surface area contributed by atoms with E-state index in [-0.39, 0.29) is 12.3 Å². The molecule has 1 saturated heterocycles. The van der Waals surface area contributed by atoms with Gasteiger partial charge in [-0.05, 0) is 37.2 Å². The maximum Gasteiger partial charge on any atom is 0.326 e. The van der Waals surface area contributed by atoms with Crippen molar-refractivity contribution in [3.05, 3.63) is 18.2 Å². The maximum atomic E-state index is 13.1. The van der Waals surface area contributed by atoms with E-state index in [0.717, 1.165) is 0 Å². The van der Waals surface area contributed by atoms with Gasteiger partial charge in [0.2, 0.25) is 17.7 Å². The predicted molar refractivity (Wildman–Crippen MR) is 124 cm³/mol. The number of H-pyrrole nitrogens is 1. The molecule has 0 aliphatic carbocycles. The summed E-state index contributed by atoms with van der Waals surface area (Å²) in [5.74, 6) is -2.11. The Morgan fingerprint density at radius 1 is 1.30 bits per heavy atom. The Bertz CT molecular complexity index is 818. The van der Waals surface area contributed by atoms with E-state index in [1.807, 2.05) is 6.26 Å². The zero-order valence-electron chi connectivity index (χ0n) is 19.2. The summed E-state index contributed by atoms with van der Waals surface area (Å²) >= 11 is 1.53. The number of carboxylic acids is 1. The molecule has 4 atom stereocenters. The average Bonchev–Trinajstić information content (AvgIpc) is 3.45. The van der Waals surface area contributed by atoms with Crippen LogP contribution in [0.2, 0.25) is 0 Å². The molecule has 6 N–H and O–H groups in total. The van der Waals surface area contributed by atoms with Crippen molar-refractivity contribution in [1.29, 1.82) is 0 Å². The number of hydrogen-bond donors (Lipinski definition) is 5. The first-order chi connectivity index (χ1) is 15.6. The minimum atomic E-state index is -1.05. The normalized spacial score (nSPS) is 18.6. The van der Waals surface area contributed by atoms with E-state index in [1.165, 1.54) is 23.0 Å². The fourth-order valence-electron chi connectivity index (χ4n) is 3.74. The topological polar surface area (TPSA) is 171 Å². The fourth-order valence-corrected chi connectivity index (χ4v) is 4.21. The Balaban J connectivity index is 2.08. The van der Waals surface area contributed by atoms with Crippen LogP contribution in [0.3, 0.4) is 0 Å². The third-order valence-electron chi connectivity index (χ3n) is 5.63. The Kier molecular flexibility index (Phi) is 10.2. The van der Waals surface area contributed by atoms with E-state index in [1.54, 1.807) is 20.0 Å². The second-order valence-corrected chi connectivity index (χ2v) is 9.47. The third-order valence-corrected chi connectivity index (χ3v) is 6.27. The van der Waals surface area contributed by atoms with Crippen LogP contribution in [0.1, 0.15) is 38.8 Å². The minimum absolute atomic E-state index is 0.237. The van der Waals surface area contributed by atoms with Crippen molar-refractivity contribution in [3.63, 3.8) is 0 Å². The van der Waals surface area contributed by atoms with Gasteiger partial charge in [-0.15, -0.1) is 0 Å². The van der Waals surface area contributed by atoms with Crippen LogP contribution >= 0.6 is 11.8 Å². The van der Waals surface area contributed by atoms with E-state index in [0.29, 0.717) is 37.3 Å². The monoisotopic (exact) mass is 482 g/mol. The van der Waals surface area contributed by atoms with E-state index in [4.69, 9.17) is 5.73 Å². The lowest BCUT2D eigenvalue weighted by Crippen LogP contribution is -2.58. The van der Waals surface area contributed by atoms with E-state index in [9.17, 15) is 24.3 Å². The Labute approximate surface area is 197 Å². The molecule has 1 fully saturated rings. The number of carbonyl (C=O) groups excluding carboxylic acids is 3. The lowest BCUT2D eigenvalue weighted by atomic mass is 10.0. The summed E-state index contributed by atoms with van der Waals surface area (Å²) in [6, 6.07) is -3.54. The average molecular weight is 483 g/mol. The lowest BCUT2D eigenvalue weighted by molar-refractivity contribution is -0.150. The Morgan fingerprint density at radius 3 is 2.61 bits per heavy atom. The largest absolute Gasteiger partial charge is 0.480 e. The van der Waals surface area contributed by atoms with Gasteiger partial charge >= 0.3 is 5.97 Å². The van der Waals surface area contributed by atoms with Crippen LogP contribution in [0.15, 0.2) is 12.5 Å². The highest BCUT2D eigenvalue weighted by atomic mass is 32.2. The molecule has 184 valence electrons. The number of aromatic nitrogens is 2. The van der Waals surface area contributed by atoms with Gasteiger partial charge in [-0.3, -0.25) is 14.4 Å². The highest BCUT2D eigenvalue weighted by molar-refractivity contribution is 7.98. The summed E-state index contributed by atoms with van der Waals surface area (Å²) in [6.07, 6.45) is 6.54. The molecule has 11 nitrogen and oxygen atoms in total. The van der Waals surface area contributed by atoms with Crippen molar-refractivity contribution < 1.29 is 24.3 Å². The third kappa shape index (κ3) is 7.46. The van der Waals surface area contributed by atoms with Crippen molar-refractivity contribution in [2.75, 3.05) is 18.6 Å². The molecule has 1 aromatic heterocycles. The number of nitrogens with one attached hydrogen (secondary N) is 3. The standard InChI is InChI=1S/C21H34N6O5S/c1-12(2)17(20(30)27-7-4-5-16(27)21(31)32)26-19(29)15(6-8-33-3)25-18(28)14(22)9-13-10-23-11-24-13/h10-12,14-17H,4-9,22H2,1-3H3,(H,23,24)(H,25,28)(H,26,29)(H,31,32). The minimum Gasteiger partial charge on any atom is -0.480 e. The van der Waals surface area contributed by atoms with Gasteiger partial charge in [0.05, 0.1) is 12.4 Å². The van der Waals surface area contributed by atoms with Crippen molar-refractivity contribution in [2.45, 2.75) is 63.7 Å². The van der Waals surface area contributed by atoms with Crippen LogP contribution in [-0.4, -0.2) is 86.4 Å². The molecule has 33 heavy (non-hydrogen) atoms. The lowest BCUT2D eigenvalue weighted by Gasteiger charge is -2.30. The molecule has 0 saturated carbocycles. The number of nitrogens with zero attached hydrogens (tertiary/aromatic N) is 2. The number of hydrogen-bond acceptors (Lipinski definition) is 7. The summed E-state index contributed by atoms with van der Waals surface area (Å²) in [7, 11) is 0. The number of aromatic amines is 1. The summed E-state index contributed by atoms with van der Waals surface area (Å²) in [5, 5.41) is 14.9. The van der Waals surface area contributed by atoms with Crippen LogP contribution in [-0.2, 0) is 25.6 Å². The first-order valence-electron chi connectivity index (χ1n) is 11.0. The number of carbonyl (C=O) groups is 4. The summed E-state index contributed by atoms with van der Waals surface area (Å²) in [5.41, 5.74) is 6.70. The van der Waals surface area contributed by atoms with Gasteiger partial charge in [-0.1, -0.05) is 13.8 Å². The number of nitrogens with two attached hydrogens (primary N) is 1. The number of carboxylic acid groups (broad SMARTS) is 1. The highest BCUT2D eigenvalue weighted by Crippen LogP contribution is 2.20. The molecule has 0 aromatic carbocycles. The molecule has 0 radical (unpaired) electrons. The first-order valence-corrected chi connectivity index (χ1v) is 12.4. The number of aliphatic carboxylic acids is 1. The van der Waals surface area contributed by atoms with Gasteiger partial charge in [-0.2, -0.15) is 11.8 Å². The van der Waals surface area contributed by atoms with E-state index < -0.39 is 47.9 Å². The molecule has 1 aliphatic heterocycles. The zero-order chi connectivity index (χ0) is 24.5. The van der Waals surface area contributed by atoms with Crippen molar-refractivity contribution >= 4 is 35.5 Å². The van der Waals surface area contributed by atoms with Crippen LogP contribution in [0.25, 0.3) is 0 Å². The van der Waals surface area contributed by atoms with Crippen molar-refractivity contribution in [2.24, 2.45) is 11.7 Å². The SMILES string of the molecule is CSCCC(NC(=O)C(N)Cc1cnc[nH]1)C(=O)NC(C(=O)N1CCCC1C(=O)O)C(C)C. The first kappa shape index (κ1) is 26.7. The van der Waals surface area contributed by atoms with Gasteiger partial charge in [0.15, 0.2) is 0 Å². The van der Waals surface area contributed by atoms with Gasteiger partial charge < -0.3 is 31.4 Å². The molecule has 3 amide bonds. The molecular weight excluding hydrogens is 448 g/mol. The van der Waals surface area contributed by atoms with Gasteiger partial charge in [-0.25, -0.2) is 9.78 Å². The zero-order valence-corrected chi connectivity index (χ0v) is 20.1. The van der Waals surface area contributed by atoms with Crippen molar-refractivity contribution in [1.82, 2.24) is 25.5 Å². The van der Waals surface area contributed by atoms with E-state index in [2.05, 4.69) is 20.6 Å². The summed E-state index contributed by atoms with van der Waals surface area (Å²) in [4.78, 5) is 58.4. The quantitative estimate of drug-likeness (QED) is 0.271. The summed E-state index contributed by atoms with van der Waals surface area (Å²) < 4.78 is 0. The number of amides is 3. The van der Waals surface area contributed by atoms with Crippen LogP contribution in [0, 0.1) is 5.92 Å². The number of rotatable bonds is 12. The molecular formula is C21H34N6O5S. The Hall–Kier alpha value is -2.60. The Morgan fingerprint density at radius 2 is 2.03 bits per heavy atom. The fraction of sp³-hybridized carbons (Fsp3) is 0.667. The maximum absolute atomic E-state index is 13.1. The van der Waals surface area contributed by atoms with Gasteiger partial charge in [0.25, 0.3) is 0 Å². The highest BCUT2D eigenvalue weighted by Gasteiger charge is 2.39. The molecule has 4 unspecified atom stereocenters. The summed E-state index contributed by atoms with van der Waals surface area (Å²) in [6.45, 7) is 3.90. The molecule has 0 spiro atoms. The molecule has 0 bridgehead atoms. The molecule has 1 aromatic rings. The predicted octanol–water partition coefficient (Wildman–Crippen LogP) is -0.266. The molecule has 2 heterocycles. The molecule has 2 rings (SSSR count). The second kappa shape index (κ2) is 12.6. The number of thioether (sulfide) groups is 1. The molecule has 12 heteroatoms. The second-order valence-electron chi connectivity index (χ2n) is 8.49. The van der Waals surface area contributed by atoms with Crippen LogP contribution in [0.4, 0.5) is 0 Å². The number of imidazole rings is 1. The van der Waals surface area contributed by atoms with Crippen LogP contribution in [0.5, 0.6) is 0 Å². The number of likely N-dealkylation sites (tertiary alicyclic amines) is 1. The van der Waals surface area contributed by atoms with Gasteiger partial charge in [0.1, 0.15) is 18.1 Å². The van der Waals surface area contributed by atoms with Gasteiger partial charge in [0, 0.05) is 24.9 Å². The van der Waals surface area contributed by atoms with E-state index >= 15 is 0 Å². The van der Waals surface area contributed by atoms with Crippen molar-refractivity contribution in [3.8, 4) is 0 Å². The van der Waals surface area contributed by atoms with Crippen LogP contribution < -0.4 is 16.4 Å². The molecule has 1 aliphatic rings. The smallest absolute Gasteiger partial charge is 0.326 e.